The lowest BCUT2D eigenvalue weighted by atomic mass is 10.1. The van der Waals surface area contributed by atoms with Gasteiger partial charge in [-0.25, -0.2) is 9.59 Å². The van der Waals surface area contributed by atoms with Crippen molar-refractivity contribution in [2.45, 2.75) is 69.7 Å². The van der Waals surface area contributed by atoms with Crippen LogP contribution in [-0.4, -0.2) is 97.6 Å². The van der Waals surface area contributed by atoms with E-state index in [4.69, 9.17) is 21.0 Å². The van der Waals surface area contributed by atoms with E-state index in [1.54, 1.807) is 19.1 Å². The average molecular weight is 1030 g/mol. The number of hydrogen-bond donors (Lipinski definition) is 4. The minimum Gasteiger partial charge on any atom is -0.479 e. The number of aliphatic hydroxyl groups excluding tert-OH is 1. The van der Waals surface area contributed by atoms with E-state index in [1.165, 1.54) is 12.8 Å². The van der Waals surface area contributed by atoms with E-state index in [-0.39, 0.29) is 42.2 Å². The maximum atomic E-state index is 12.8. The van der Waals surface area contributed by atoms with E-state index >= 15 is 0 Å². The van der Waals surface area contributed by atoms with E-state index in [0.717, 1.165) is 87.6 Å². The summed E-state index contributed by atoms with van der Waals surface area (Å²) in [4.78, 5) is 28.5. The van der Waals surface area contributed by atoms with Gasteiger partial charge >= 0.3 is 11.9 Å². The number of nitrogens with one attached hydrogen (secondary N) is 2. The molecule has 0 bridgehead atoms. The Morgan fingerprint density at radius 2 is 1.00 bits per heavy atom. The molecule has 3 saturated heterocycles. The molecule has 0 saturated carbocycles. The smallest absolute Gasteiger partial charge is 0.333 e. The Labute approximate surface area is 422 Å². The number of benzene rings is 4. The predicted octanol–water partition coefficient (Wildman–Crippen LogP) is 8.55. The Morgan fingerprint density at radius 3 is 1.38 bits per heavy atom. The molecule has 4 N–H and O–H groups in total. The van der Waals surface area contributed by atoms with Crippen LogP contribution >= 0.6 is 24.0 Å². The van der Waals surface area contributed by atoms with Gasteiger partial charge in [-0.15, -0.1) is 30.4 Å². The monoisotopic (exact) mass is 1030 g/mol. The molecule has 354 valence electrons. The molecule has 2 unspecified atom stereocenters. The Bertz CT molecular complexity index is 2370. The second kappa shape index (κ2) is 36.5. The molecule has 0 aliphatic carbocycles. The quantitative estimate of drug-likeness (QED) is 0.0738. The molecule has 2 atom stereocenters. The summed E-state index contributed by atoms with van der Waals surface area (Å²) in [6.07, 6.45) is 11.1. The number of carbonyl (C=O) groups excluding carboxylic acids is 1. The number of carbonyl (C=O) groups is 2. The number of aliphatic hydroxyl groups is 1. The van der Waals surface area contributed by atoms with Crippen LogP contribution in [0.15, 0.2) is 121 Å². The summed E-state index contributed by atoms with van der Waals surface area (Å²) in [5, 5.41) is 24.5. The van der Waals surface area contributed by atoms with E-state index in [0.29, 0.717) is 0 Å². The maximum absolute atomic E-state index is 12.8. The van der Waals surface area contributed by atoms with Gasteiger partial charge in [0.05, 0.1) is 6.10 Å². The summed E-state index contributed by atoms with van der Waals surface area (Å²) in [6.45, 7) is 7.76. The van der Waals surface area contributed by atoms with Gasteiger partial charge in [0.2, 0.25) is 0 Å². The number of carboxylic acids is 1. The van der Waals surface area contributed by atoms with Crippen LogP contribution < -0.4 is 10.6 Å². The predicted molar refractivity (Wildman–Crippen MR) is 284 cm³/mol. The van der Waals surface area contributed by atoms with Crippen molar-refractivity contribution in [2.24, 2.45) is 0 Å². The summed E-state index contributed by atoms with van der Waals surface area (Å²) in [5.74, 6) is 25.8. The molecule has 0 aromatic heterocycles. The highest BCUT2D eigenvalue weighted by atomic mass is 127. The first-order valence-electron chi connectivity index (χ1n) is 22.4. The van der Waals surface area contributed by atoms with Crippen molar-refractivity contribution in [2.75, 3.05) is 64.1 Å². The van der Waals surface area contributed by atoms with Crippen LogP contribution in [0.2, 0.25) is 0 Å². The number of esters is 1. The van der Waals surface area contributed by atoms with Crippen molar-refractivity contribution >= 4 is 47.3 Å². The zero-order valence-electron chi connectivity index (χ0n) is 39.2. The average Bonchev–Trinajstić information content (AvgIpc) is 3.96. The first-order valence-corrected chi connectivity index (χ1v) is 22.4. The van der Waals surface area contributed by atoms with Crippen LogP contribution in [0, 0.1) is 71.5 Å². The van der Waals surface area contributed by atoms with Gasteiger partial charge in [0.1, 0.15) is 6.10 Å². The van der Waals surface area contributed by atoms with Crippen LogP contribution in [0.4, 0.5) is 11.4 Å². The van der Waals surface area contributed by atoms with Crippen LogP contribution in [0.5, 0.6) is 0 Å². The largest absolute Gasteiger partial charge is 0.479 e. The van der Waals surface area contributed by atoms with Crippen molar-refractivity contribution in [3.8, 4) is 71.5 Å². The number of piperidine rings is 2. The fourth-order valence-electron chi connectivity index (χ4n) is 6.42. The molecular weight excluding hydrogens is 964 g/mol. The third kappa shape index (κ3) is 25.9. The highest BCUT2D eigenvalue weighted by molar-refractivity contribution is 14.0. The van der Waals surface area contributed by atoms with Gasteiger partial charge in [0.25, 0.3) is 0 Å². The first-order chi connectivity index (χ1) is 32.7. The second-order valence-corrected chi connectivity index (χ2v) is 15.4. The van der Waals surface area contributed by atoms with Gasteiger partial charge < -0.3 is 40.1 Å². The highest BCUT2D eigenvalue weighted by Gasteiger charge is 2.27. The minimum absolute atomic E-state index is 0. The number of para-hydroxylation sites is 2. The van der Waals surface area contributed by atoms with Crippen LogP contribution in [0.1, 0.15) is 68.7 Å². The first kappa shape index (κ1) is 57.5. The zero-order valence-corrected chi connectivity index (χ0v) is 41.6. The number of halogens is 1. The highest BCUT2D eigenvalue weighted by Crippen LogP contribution is 2.24. The number of aliphatic carboxylic acids is 1. The lowest BCUT2D eigenvalue weighted by Gasteiger charge is -2.30. The van der Waals surface area contributed by atoms with Gasteiger partial charge in [-0.1, -0.05) is 103 Å². The van der Waals surface area contributed by atoms with Crippen molar-refractivity contribution < 1.29 is 29.3 Å². The summed E-state index contributed by atoms with van der Waals surface area (Å²) in [5.41, 5.74) is 3.36. The van der Waals surface area contributed by atoms with E-state index in [9.17, 15) is 14.7 Å². The van der Waals surface area contributed by atoms with Gasteiger partial charge in [0, 0.05) is 50.8 Å². The summed E-state index contributed by atoms with van der Waals surface area (Å²) < 4.78 is 10.7. The standard InChI is InChI=1S/C20H24N2O2.C14H13NO2.C13H4.C6H13NO.C4H8O.HI/c1-22-14-12-18(13-15-22)24-20(23)19(16-8-4-2-5-9-16)21-17-10-6-3-7-11-17;16-14(17)13(11-7-3-1-4-8-11)15-12-9-5-2-6-10-12;1-3-5-7-9-11-13-12-10-8-6-4-2;1-7-4-2-6(8)3-5-7;1-2-4-5-3-1;/h2-11,18-19,21H,12-15H2,1H3;1-10,13,15H,(H,16,17);1H,2H3;6,8H,2-5H2,1H3;1-4H2;1H. The topological polar surface area (TPSA) is 124 Å². The molecule has 0 radical (unpaired) electrons. The Hall–Kier alpha value is -6.65. The molecule has 0 amide bonds. The number of nitrogens with zero attached hydrogens (tertiary/aromatic N) is 2. The number of anilines is 2. The molecular formula is C57H63IN4O6. The van der Waals surface area contributed by atoms with Crippen molar-refractivity contribution in [3.63, 3.8) is 0 Å². The van der Waals surface area contributed by atoms with E-state index < -0.39 is 18.1 Å². The molecule has 7 rings (SSSR count). The molecule has 11 heteroatoms. The Morgan fingerprint density at radius 1 is 0.618 bits per heavy atom. The fourth-order valence-corrected chi connectivity index (χ4v) is 6.42. The maximum Gasteiger partial charge on any atom is 0.333 e. The van der Waals surface area contributed by atoms with E-state index in [1.807, 2.05) is 109 Å². The van der Waals surface area contributed by atoms with Gasteiger partial charge in [-0.2, -0.15) is 0 Å². The van der Waals surface area contributed by atoms with Crippen molar-refractivity contribution in [1.82, 2.24) is 9.80 Å². The van der Waals surface area contributed by atoms with Crippen molar-refractivity contribution in [3.05, 3.63) is 132 Å². The second-order valence-electron chi connectivity index (χ2n) is 15.4. The summed E-state index contributed by atoms with van der Waals surface area (Å²) in [7, 11) is 4.19. The summed E-state index contributed by atoms with van der Waals surface area (Å²) >= 11 is 0. The molecule has 0 spiro atoms. The SMILES string of the molecule is C#CC#CC#CC#CC#CC#CC.C1CCOC1.CN1CCC(O)CC1.CN1CCC(OC(=O)C(Nc2ccccc2)c2ccccc2)CC1.I.O=C(O)C(Nc1ccccc1)c1ccccc1. The zero-order chi connectivity index (χ0) is 48.2. The molecule has 3 heterocycles. The molecule has 3 aliphatic heterocycles. The molecule has 3 aliphatic rings. The number of likely N-dealkylation sites (tertiary alicyclic amines) is 2. The van der Waals surface area contributed by atoms with Crippen LogP contribution in [-0.2, 0) is 19.1 Å². The number of ether oxygens (including phenoxy) is 2. The number of terminal acetylenes is 1. The Balaban J connectivity index is 0.000000316. The minimum atomic E-state index is -0.889. The van der Waals surface area contributed by atoms with Crippen LogP contribution in [0.3, 0.4) is 0 Å². The number of carboxylic acid groups (broad SMARTS) is 1. The summed E-state index contributed by atoms with van der Waals surface area (Å²) in [6, 6.07) is 36.8. The lowest BCUT2D eigenvalue weighted by Crippen LogP contribution is -2.37. The third-order valence-corrected chi connectivity index (χ3v) is 10.1. The lowest BCUT2D eigenvalue weighted by molar-refractivity contribution is -0.152. The third-order valence-electron chi connectivity index (χ3n) is 10.1. The number of rotatable bonds is 9. The molecule has 10 nitrogen and oxygen atoms in total. The van der Waals surface area contributed by atoms with Gasteiger partial charge in [-0.05, 0) is 154 Å². The Kier molecular flexibility index (Phi) is 30.8. The molecule has 4 aromatic rings. The normalized spacial score (nSPS) is 14.6. The van der Waals surface area contributed by atoms with E-state index in [2.05, 4.69) is 99.7 Å². The molecule has 3 fully saturated rings. The van der Waals surface area contributed by atoms with Gasteiger partial charge in [0.15, 0.2) is 12.1 Å². The fraction of sp³-hybridized carbons (Fsp3) is 0.333. The number of hydrogen-bond acceptors (Lipinski definition) is 9. The van der Waals surface area contributed by atoms with Crippen LogP contribution in [0.25, 0.3) is 0 Å². The van der Waals surface area contributed by atoms with Gasteiger partial charge in [-0.3, -0.25) is 0 Å². The van der Waals surface area contributed by atoms with Crippen molar-refractivity contribution in [1.29, 1.82) is 0 Å². The molecule has 4 aromatic carbocycles. The molecule has 68 heavy (non-hydrogen) atoms.